The molecule has 0 unspecified atom stereocenters. The molecule has 1 aromatic heterocycles. The second-order valence-electron chi connectivity index (χ2n) is 11.2. The van der Waals surface area contributed by atoms with Gasteiger partial charge in [-0.3, -0.25) is 9.59 Å². The number of rotatable bonds is 4. The zero-order valence-corrected chi connectivity index (χ0v) is 23.6. The van der Waals surface area contributed by atoms with Gasteiger partial charge in [0.25, 0.3) is 11.8 Å². The summed E-state index contributed by atoms with van der Waals surface area (Å²) in [6.07, 6.45) is 5.30. The molecule has 1 saturated heterocycles. The monoisotopic (exact) mass is 546 g/mol. The van der Waals surface area contributed by atoms with Gasteiger partial charge in [0.15, 0.2) is 6.10 Å². The minimum absolute atomic E-state index is 0.00850. The van der Waals surface area contributed by atoms with Crippen LogP contribution in [-0.2, 0) is 17.8 Å². The molecule has 0 aliphatic carbocycles. The smallest absolute Gasteiger partial charge is 0.263 e. The molecule has 0 bridgehead atoms. The first kappa shape index (κ1) is 27.7. The minimum atomic E-state index is -0.548. The van der Waals surface area contributed by atoms with Crippen molar-refractivity contribution in [1.82, 2.24) is 20.1 Å². The number of carbonyl (C=O) groups is 2. The number of amides is 2. The van der Waals surface area contributed by atoms with Gasteiger partial charge in [0.05, 0.1) is 0 Å². The molecule has 0 saturated carbocycles. The van der Waals surface area contributed by atoms with Crippen molar-refractivity contribution in [2.24, 2.45) is 5.41 Å². The second kappa shape index (κ2) is 12.1. The average molecular weight is 547 g/mol. The zero-order valence-electron chi connectivity index (χ0n) is 23.6. The number of hydrogen-bond donors (Lipinski definition) is 0. The van der Waals surface area contributed by atoms with Crippen LogP contribution in [0.4, 0.5) is 0 Å². The van der Waals surface area contributed by atoms with E-state index in [2.05, 4.69) is 16.4 Å². The molecule has 0 N–H and O–H groups in total. The van der Waals surface area contributed by atoms with E-state index in [4.69, 9.17) is 14.1 Å². The van der Waals surface area contributed by atoms with E-state index in [1.165, 1.54) is 0 Å². The number of likely N-dealkylation sites (N-methyl/N-ethyl adjacent to an activating group) is 1. The lowest BCUT2D eigenvalue weighted by atomic mass is 9.73. The number of carbonyl (C=O) groups excluding carboxylic acids is 2. The first-order valence-electron chi connectivity index (χ1n) is 14.1. The Morgan fingerprint density at radius 3 is 2.52 bits per heavy atom. The number of ether oxygens (including phenoxy) is 2. The van der Waals surface area contributed by atoms with Crippen molar-refractivity contribution < 1.29 is 23.7 Å². The minimum Gasteiger partial charge on any atom is -0.487 e. The molecular formula is C31H38N4O5. The van der Waals surface area contributed by atoms with E-state index >= 15 is 0 Å². The van der Waals surface area contributed by atoms with Gasteiger partial charge in [-0.1, -0.05) is 34.9 Å². The Labute approximate surface area is 235 Å². The molecule has 3 aromatic rings. The van der Waals surface area contributed by atoms with Crippen molar-refractivity contribution in [3.8, 4) is 11.5 Å². The van der Waals surface area contributed by atoms with Gasteiger partial charge in [-0.05, 0) is 87.3 Å². The fourth-order valence-corrected chi connectivity index (χ4v) is 5.85. The van der Waals surface area contributed by atoms with Crippen molar-refractivity contribution in [2.75, 3.05) is 26.7 Å². The molecule has 9 nitrogen and oxygen atoms in total. The third kappa shape index (κ3) is 6.29. The molecule has 1 atom stereocenters. The fraction of sp³-hybridized carbons (Fsp3) is 0.484. The number of hydrogen-bond acceptors (Lipinski definition) is 7. The Hall–Kier alpha value is -3.88. The maximum absolute atomic E-state index is 13.3. The summed E-state index contributed by atoms with van der Waals surface area (Å²) in [6.45, 7) is 5.92. The lowest BCUT2D eigenvalue weighted by Gasteiger charge is -2.44. The molecule has 212 valence electrons. The topological polar surface area (TPSA) is 98.0 Å². The first-order valence-corrected chi connectivity index (χ1v) is 14.1. The average Bonchev–Trinajstić information content (AvgIpc) is 3.38. The number of aryl methyl sites for hydroxylation is 2. The third-order valence-electron chi connectivity index (χ3n) is 8.31. The molecule has 40 heavy (non-hydrogen) atoms. The summed E-state index contributed by atoms with van der Waals surface area (Å²) in [5.74, 6) is 1.47. The highest BCUT2D eigenvalue weighted by Crippen LogP contribution is 2.39. The summed E-state index contributed by atoms with van der Waals surface area (Å²) in [5.41, 5.74) is 3.12. The van der Waals surface area contributed by atoms with Gasteiger partial charge >= 0.3 is 0 Å². The number of benzene rings is 2. The van der Waals surface area contributed by atoms with Crippen molar-refractivity contribution in [3.05, 3.63) is 71.0 Å². The summed E-state index contributed by atoms with van der Waals surface area (Å²) in [6, 6.07) is 15.2. The Kier molecular flexibility index (Phi) is 8.38. The second-order valence-corrected chi connectivity index (χ2v) is 11.2. The van der Waals surface area contributed by atoms with Crippen LogP contribution in [0.2, 0.25) is 0 Å². The van der Waals surface area contributed by atoms with Crippen LogP contribution in [0.25, 0.3) is 0 Å². The maximum Gasteiger partial charge on any atom is 0.263 e. The van der Waals surface area contributed by atoms with Gasteiger partial charge in [-0.2, -0.15) is 0 Å². The quantitative estimate of drug-likeness (QED) is 0.462. The Morgan fingerprint density at radius 1 is 1.05 bits per heavy atom. The molecule has 1 fully saturated rings. The van der Waals surface area contributed by atoms with Crippen LogP contribution >= 0.6 is 0 Å². The predicted molar refractivity (Wildman–Crippen MR) is 149 cm³/mol. The third-order valence-corrected chi connectivity index (χ3v) is 8.31. The van der Waals surface area contributed by atoms with Crippen molar-refractivity contribution in [1.29, 1.82) is 0 Å². The van der Waals surface area contributed by atoms with E-state index in [9.17, 15) is 9.59 Å². The van der Waals surface area contributed by atoms with Crippen LogP contribution in [0.3, 0.4) is 0 Å². The van der Waals surface area contributed by atoms with Gasteiger partial charge in [0.1, 0.15) is 29.5 Å². The summed E-state index contributed by atoms with van der Waals surface area (Å²) < 4.78 is 16.6. The molecular weight excluding hydrogens is 508 g/mol. The van der Waals surface area contributed by atoms with Crippen molar-refractivity contribution in [3.63, 3.8) is 0 Å². The van der Waals surface area contributed by atoms with E-state index in [1.807, 2.05) is 48.9 Å². The molecule has 2 amide bonds. The summed E-state index contributed by atoms with van der Waals surface area (Å²) >= 11 is 0. The first-order chi connectivity index (χ1) is 19.3. The molecule has 2 aliphatic heterocycles. The standard InChI is InChI=1S/C31H38N4O5/c1-22-27(33-40-32-22)20-38-26-13-11-25(12-14-26)30(37)35-18-16-31(17-19-35)15-7-6-9-24-8-4-5-10-28(24)39-23(2)29(36)34(3)21-31/h4-5,8,10-14,23H,6-7,9,15-21H2,1-3H3/t23-/m1/s1. The highest BCUT2D eigenvalue weighted by atomic mass is 16.6. The number of aromatic nitrogens is 2. The van der Waals surface area contributed by atoms with Gasteiger partial charge in [-0.25, -0.2) is 4.63 Å². The lowest BCUT2D eigenvalue weighted by Crippen LogP contribution is -2.50. The Balaban J connectivity index is 1.20. The molecule has 0 radical (unpaired) electrons. The Morgan fingerprint density at radius 2 is 1.80 bits per heavy atom. The summed E-state index contributed by atoms with van der Waals surface area (Å²) in [7, 11) is 1.88. The van der Waals surface area contributed by atoms with Crippen molar-refractivity contribution in [2.45, 2.75) is 65.1 Å². The van der Waals surface area contributed by atoms with E-state index in [-0.39, 0.29) is 23.8 Å². The number of nitrogens with zero attached hydrogens (tertiary/aromatic N) is 4. The van der Waals surface area contributed by atoms with E-state index in [0.717, 1.165) is 49.8 Å². The van der Waals surface area contributed by atoms with Crippen LogP contribution in [0.5, 0.6) is 11.5 Å². The van der Waals surface area contributed by atoms with Gasteiger partial charge in [0, 0.05) is 32.2 Å². The molecule has 1 spiro atoms. The van der Waals surface area contributed by atoms with Crippen LogP contribution in [0, 0.1) is 12.3 Å². The van der Waals surface area contributed by atoms with Gasteiger partial charge in [0.2, 0.25) is 0 Å². The van der Waals surface area contributed by atoms with Gasteiger partial charge in [-0.15, -0.1) is 0 Å². The number of fused-ring (bicyclic) bond motifs is 1. The molecule has 3 heterocycles. The lowest BCUT2D eigenvalue weighted by molar-refractivity contribution is -0.138. The van der Waals surface area contributed by atoms with Crippen molar-refractivity contribution >= 4 is 11.8 Å². The van der Waals surface area contributed by atoms with Gasteiger partial charge < -0.3 is 19.3 Å². The maximum atomic E-state index is 13.3. The van der Waals surface area contributed by atoms with E-state index in [0.29, 0.717) is 42.3 Å². The Bertz CT molecular complexity index is 1310. The SMILES string of the molecule is Cc1nonc1COc1ccc(C(=O)N2CCC3(CCCCc4ccccc4O[C@H](C)C(=O)N(C)C3)CC2)cc1. The molecule has 2 aliphatic rings. The fourth-order valence-electron chi connectivity index (χ4n) is 5.85. The zero-order chi connectivity index (χ0) is 28.1. The van der Waals surface area contributed by atoms with E-state index < -0.39 is 6.10 Å². The molecule has 2 aromatic carbocycles. The highest BCUT2D eigenvalue weighted by molar-refractivity contribution is 5.94. The molecule has 5 rings (SSSR count). The highest BCUT2D eigenvalue weighted by Gasteiger charge is 2.38. The predicted octanol–water partition coefficient (Wildman–Crippen LogP) is 4.83. The number of likely N-dealkylation sites (tertiary alicyclic amines) is 1. The summed E-state index contributed by atoms with van der Waals surface area (Å²) in [4.78, 5) is 30.3. The van der Waals surface area contributed by atoms with Crippen LogP contribution in [0.15, 0.2) is 53.2 Å². The van der Waals surface area contributed by atoms with E-state index in [1.54, 1.807) is 24.3 Å². The number of piperidine rings is 1. The normalized spacial score (nSPS) is 19.8. The van der Waals surface area contributed by atoms with Crippen LogP contribution in [0.1, 0.15) is 66.3 Å². The van der Waals surface area contributed by atoms with Crippen LogP contribution in [-0.4, -0.2) is 64.7 Å². The largest absolute Gasteiger partial charge is 0.487 e. The molecule has 9 heteroatoms. The number of para-hydroxylation sites is 1. The summed E-state index contributed by atoms with van der Waals surface area (Å²) in [5, 5.41) is 7.58. The van der Waals surface area contributed by atoms with Crippen LogP contribution < -0.4 is 9.47 Å².